The summed E-state index contributed by atoms with van der Waals surface area (Å²) in [7, 11) is 0. The van der Waals surface area contributed by atoms with Crippen LogP contribution in [0.1, 0.15) is 6.42 Å². The number of carbonyl (C=O) groups is 1. The molecular weight excluding hydrogens is 190 g/mol. The van der Waals surface area contributed by atoms with Crippen LogP contribution in [0.15, 0.2) is 23.8 Å². The monoisotopic (exact) mass is 209 g/mol. The zero-order chi connectivity index (χ0) is 10.9. The Labute approximate surface area is 90.6 Å². The van der Waals surface area contributed by atoms with Crippen molar-refractivity contribution in [1.82, 2.24) is 10.6 Å². The first-order valence-corrected chi connectivity index (χ1v) is 5.35. The summed E-state index contributed by atoms with van der Waals surface area (Å²) in [5.74, 6) is 0.222. The molecule has 15 heavy (non-hydrogen) atoms. The Kier molecular flexibility index (Phi) is 5.92. The predicted octanol–water partition coefficient (Wildman–Crippen LogP) is -0.420. The third-order valence-corrected chi connectivity index (χ3v) is 2.21. The Hall–Kier alpha value is -0.970. The number of ketones is 1. The smallest absolute Gasteiger partial charge is 0.163 e. The van der Waals surface area contributed by atoms with E-state index in [1.54, 1.807) is 0 Å². The molecule has 4 N–H and O–H groups in total. The molecule has 0 spiro atoms. The maximum atomic E-state index is 11.4. The predicted molar refractivity (Wildman–Crippen MR) is 61.6 cm³/mol. The minimum atomic E-state index is 0.222. The van der Waals surface area contributed by atoms with Gasteiger partial charge in [0.15, 0.2) is 5.78 Å². The van der Waals surface area contributed by atoms with Gasteiger partial charge in [-0.3, -0.25) is 4.79 Å². The normalized spacial score (nSPS) is 15.5. The van der Waals surface area contributed by atoms with E-state index in [1.807, 2.05) is 18.2 Å². The standard InChI is InChI=1S/C11H19N3O/c12-5-6-13-7-8-14-9-10-3-1-2-4-11(10)15/h1-3,13-14H,4-9,12H2. The first kappa shape index (κ1) is 12.1. The van der Waals surface area contributed by atoms with Gasteiger partial charge in [-0.25, -0.2) is 0 Å². The fourth-order valence-electron chi connectivity index (χ4n) is 1.37. The van der Waals surface area contributed by atoms with Gasteiger partial charge in [-0.05, 0) is 0 Å². The number of carbonyl (C=O) groups excluding carboxylic acids is 1. The van der Waals surface area contributed by atoms with Gasteiger partial charge in [-0.2, -0.15) is 0 Å². The van der Waals surface area contributed by atoms with Crippen LogP contribution in [-0.4, -0.2) is 38.5 Å². The highest BCUT2D eigenvalue weighted by molar-refractivity contribution is 5.98. The van der Waals surface area contributed by atoms with Gasteiger partial charge in [0.25, 0.3) is 0 Å². The Morgan fingerprint density at radius 1 is 1.27 bits per heavy atom. The Morgan fingerprint density at radius 2 is 2.07 bits per heavy atom. The molecule has 84 valence electrons. The molecule has 0 atom stereocenters. The second kappa shape index (κ2) is 7.34. The van der Waals surface area contributed by atoms with Crippen LogP contribution in [0.5, 0.6) is 0 Å². The highest BCUT2D eigenvalue weighted by atomic mass is 16.1. The summed E-state index contributed by atoms with van der Waals surface area (Å²) in [4.78, 5) is 11.4. The van der Waals surface area contributed by atoms with Crippen LogP contribution in [-0.2, 0) is 4.79 Å². The van der Waals surface area contributed by atoms with Crippen molar-refractivity contribution in [2.24, 2.45) is 5.73 Å². The average Bonchev–Trinajstić information content (AvgIpc) is 2.25. The van der Waals surface area contributed by atoms with Crippen LogP contribution in [0.2, 0.25) is 0 Å². The van der Waals surface area contributed by atoms with E-state index >= 15 is 0 Å². The summed E-state index contributed by atoms with van der Waals surface area (Å²) < 4.78 is 0. The average molecular weight is 209 g/mol. The third kappa shape index (κ3) is 4.88. The summed E-state index contributed by atoms with van der Waals surface area (Å²) in [6.45, 7) is 3.90. The van der Waals surface area contributed by atoms with Crippen LogP contribution in [0.3, 0.4) is 0 Å². The second-order valence-corrected chi connectivity index (χ2v) is 3.46. The zero-order valence-electron chi connectivity index (χ0n) is 8.96. The number of allylic oxidation sites excluding steroid dienone is 3. The number of Topliss-reactive ketones (excluding diaryl/α,β-unsaturated/α-hetero) is 1. The minimum absolute atomic E-state index is 0.222. The number of hydrogen-bond donors (Lipinski definition) is 3. The molecule has 1 aliphatic carbocycles. The van der Waals surface area contributed by atoms with Crippen molar-refractivity contribution in [1.29, 1.82) is 0 Å². The van der Waals surface area contributed by atoms with Gasteiger partial charge in [0.05, 0.1) is 0 Å². The highest BCUT2D eigenvalue weighted by Crippen LogP contribution is 2.05. The number of nitrogens with one attached hydrogen (secondary N) is 2. The topological polar surface area (TPSA) is 67.2 Å². The Morgan fingerprint density at radius 3 is 2.80 bits per heavy atom. The molecule has 1 rings (SSSR count). The van der Waals surface area contributed by atoms with Crippen LogP contribution in [0, 0.1) is 0 Å². The molecular formula is C11H19N3O. The fourth-order valence-corrected chi connectivity index (χ4v) is 1.37. The van der Waals surface area contributed by atoms with Crippen molar-refractivity contribution >= 4 is 5.78 Å². The third-order valence-electron chi connectivity index (χ3n) is 2.21. The number of rotatable bonds is 7. The molecule has 0 saturated heterocycles. The van der Waals surface area contributed by atoms with Crippen molar-refractivity contribution in [3.8, 4) is 0 Å². The first-order chi connectivity index (χ1) is 7.34. The maximum absolute atomic E-state index is 11.4. The van der Waals surface area contributed by atoms with Crippen LogP contribution in [0.4, 0.5) is 0 Å². The molecule has 0 aromatic heterocycles. The molecule has 0 heterocycles. The Balaban J connectivity index is 2.07. The molecule has 0 aromatic rings. The Bertz CT molecular complexity index is 259. The van der Waals surface area contributed by atoms with E-state index in [-0.39, 0.29) is 5.78 Å². The molecule has 0 aliphatic heterocycles. The summed E-state index contributed by atoms with van der Waals surface area (Å²) >= 11 is 0. The fraction of sp³-hybridized carbons (Fsp3) is 0.545. The van der Waals surface area contributed by atoms with Crippen molar-refractivity contribution in [3.63, 3.8) is 0 Å². The molecule has 1 aliphatic rings. The van der Waals surface area contributed by atoms with Gasteiger partial charge in [-0.1, -0.05) is 18.2 Å². The highest BCUT2D eigenvalue weighted by Gasteiger charge is 2.08. The lowest BCUT2D eigenvalue weighted by Gasteiger charge is -2.09. The van der Waals surface area contributed by atoms with E-state index in [0.717, 1.165) is 25.2 Å². The van der Waals surface area contributed by atoms with E-state index in [4.69, 9.17) is 5.73 Å². The van der Waals surface area contributed by atoms with Gasteiger partial charge in [0.1, 0.15) is 0 Å². The van der Waals surface area contributed by atoms with Gasteiger partial charge in [0, 0.05) is 44.7 Å². The van der Waals surface area contributed by atoms with E-state index in [1.165, 1.54) is 0 Å². The SMILES string of the molecule is NCCNCCNCC1=CC=CCC1=O. The van der Waals surface area contributed by atoms with Crippen molar-refractivity contribution < 1.29 is 4.79 Å². The second-order valence-electron chi connectivity index (χ2n) is 3.46. The lowest BCUT2D eigenvalue weighted by atomic mass is 10.0. The molecule has 0 unspecified atom stereocenters. The van der Waals surface area contributed by atoms with Crippen molar-refractivity contribution in [2.75, 3.05) is 32.7 Å². The summed E-state index contributed by atoms with van der Waals surface area (Å²) in [5, 5.41) is 6.40. The number of nitrogens with two attached hydrogens (primary N) is 1. The number of hydrogen-bond acceptors (Lipinski definition) is 4. The van der Waals surface area contributed by atoms with Gasteiger partial charge >= 0.3 is 0 Å². The van der Waals surface area contributed by atoms with Crippen LogP contribution < -0.4 is 16.4 Å². The van der Waals surface area contributed by atoms with Crippen molar-refractivity contribution in [3.05, 3.63) is 23.8 Å². The molecule has 0 amide bonds. The van der Waals surface area contributed by atoms with Gasteiger partial charge < -0.3 is 16.4 Å². The van der Waals surface area contributed by atoms with E-state index in [0.29, 0.717) is 19.5 Å². The van der Waals surface area contributed by atoms with Gasteiger partial charge in [0.2, 0.25) is 0 Å². The minimum Gasteiger partial charge on any atom is -0.329 e. The molecule has 4 heteroatoms. The first-order valence-electron chi connectivity index (χ1n) is 5.35. The summed E-state index contributed by atoms with van der Waals surface area (Å²) in [6.07, 6.45) is 6.24. The molecule has 0 aromatic carbocycles. The molecule has 4 nitrogen and oxygen atoms in total. The maximum Gasteiger partial charge on any atom is 0.163 e. The zero-order valence-corrected chi connectivity index (χ0v) is 8.96. The molecule has 0 saturated carbocycles. The van der Waals surface area contributed by atoms with E-state index < -0.39 is 0 Å². The quantitative estimate of drug-likeness (QED) is 0.498. The lowest BCUT2D eigenvalue weighted by Crippen LogP contribution is -2.32. The lowest BCUT2D eigenvalue weighted by molar-refractivity contribution is -0.114. The van der Waals surface area contributed by atoms with Crippen LogP contribution >= 0.6 is 0 Å². The molecule has 0 bridgehead atoms. The molecule has 0 radical (unpaired) electrons. The summed E-state index contributed by atoms with van der Waals surface area (Å²) in [5.41, 5.74) is 6.21. The summed E-state index contributed by atoms with van der Waals surface area (Å²) in [6, 6.07) is 0. The molecule has 0 fully saturated rings. The largest absolute Gasteiger partial charge is 0.329 e. The van der Waals surface area contributed by atoms with E-state index in [9.17, 15) is 4.79 Å². The van der Waals surface area contributed by atoms with Gasteiger partial charge in [-0.15, -0.1) is 0 Å². The van der Waals surface area contributed by atoms with Crippen LogP contribution in [0.25, 0.3) is 0 Å². The van der Waals surface area contributed by atoms with Crippen molar-refractivity contribution in [2.45, 2.75) is 6.42 Å². The van der Waals surface area contributed by atoms with E-state index in [2.05, 4.69) is 10.6 Å².